The van der Waals surface area contributed by atoms with Crippen molar-refractivity contribution < 1.29 is 14.7 Å². The van der Waals surface area contributed by atoms with Gasteiger partial charge in [-0.1, -0.05) is 6.92 Å². The van der Waals surface area contributed by atoms with Gasteiger partial charge in [0.2, 0.25) is 5.91 Å². The van der Waals surface area contributed by atoms with Crippen LogP contribution in [-0.2, 0) is 9.59 Å². The highest BCUT2D eigenvalue weighted by Crippen LogP contribution is 2.23. The molecular weight excluding hydrogens is 208 g/mol. The standard InChI is InChI=1S/C11H20N2O3/c1-8-2-4-9(5-3-8)13-10(14)6-12-7-11(15)16/h8-9,12H,2-7H2,1H3,(H,13,14)(H,15,16). The van der Waals surface area contributed by atoms with Crippen LogP contribution < -0.4 is 10.6 Å². The number of hydrogen-bond donors (Lipinski definition) is 3. The molecule has 1 aliphatic carbocycles. The molecule has 0 saturated heterocycles. The van der Waals surface area contributed by atoms with Gasteiger partial charge in [0.05, 0.1) is 13.1 Å². The second kappa shape index (κ2) is 6.48. The molecule has 0 aromatic heterocycles. The minimum Gasteiger partial charge on any atom is -0.480 e. The van der Waals surface area contributed by atoms with Crippen LogP contribution in [-0.4, -0.2) is 36.1 Å². The van der Waals surface area contributed by atoms with Crippen molar-refractivity contribution in [2.24, 2.45) is 5.92 Å². The molecule has 5 heteroatoms. The summed E-state index contributed by atoms with van der Waals surface area (Å²) in [4.78, 5) is 21.6. The van der Waals surface area contributed by atoms with Crippen molar-refractivity contribution in [3.63, 3.8) is 0 Å². The number of carboxylic acids is 1. The highest BCUT2D eigenvalue weighted by molar-refractivity contribution is 5.79. The first kappa shape index (κ1) is 13.0. The summed E-state index contributed by atoms with van der Waals surface area (Å²) in [6, 6.07) is 0.273. The van der Waals surface area contributed by atoms with Crippen molar-refractivity contribution in [1.29, 1.82) is 0 Å². The fraction of sp³-hybridized carbons (Fsp3) is 0.818. The zero-order chi connectivity index (χ0) is 12.0. The third-order valence-corrected chi connectivity index (χ3v) is 2.94. The predicted octanol–water partition coefficient (Wildman–Crippen LogP) is 0.355. The summed E-state index contributed by atoms with van der Waals surface area (Å²) in [7, 11) is 0. The molecule has 1 amide bonds. The van der Waals surface area contributed by atoms with Gasteiger partial charge in [-0.3, -0.25) is 14.9 Å². The molecule has 1 saturated carbocycles. The number of amides is 1. The second-order valence-electron chi connectivity index (χ2n) is 4.52. The maximum Gasteiger partial charge on any atom is 0.317 e. The third-order valence-electron chi connectivity index (χ3n) is 2.94. The molecule has 0 bridgehead atoms. The van der Waals surface area contributed by atoms with E-state index in [1.165, 1.54) is 0 Å². The lowest BCUT2D eigenvalue weighted by Crippen LogP contribution is -2.42. The molecular formula is C11H20N2O3. The van der Waals surface area contributed by atoms with Gasteiger partial charge in [-0.05, 0) is 31.6 Å². The van der Waals surface area contributed by atoms with Crippen molar-refractivity contribution in [1.82, 2.24) is 10.6 Å². The highest BCUT2D eigenvalue weighted by atomic mass is 16.4. The number of hydrogen-bond acceptors (Lipinski definition) is 3. The molecule has 3 N–H and O–H groups in total. The molecule has 0 spiro atoms. The average Bonchev–Trinajstić information content (AvgIpc) is 2.21. The number of rotatable bonds is 5. The number of carbonyl (C=O) groups excluding carboxylic acids is 1. The average molecular weight is 228 g/mol. The van der Waals surface area contributed by atoms with E-state index in [1.54, 1.807) is 0 Å². The van der Waals surface area contributed by atoms with E-state index in [0.29, 0.717) is 0 Å². The van der Waals surface area contributed by atoms with Gasteiger partial charge in [0.1, 0.15) is 0 Å². The Morgan fingerprint density at radius 3 is 2.38 bits per heavy atom. The van der Waals surface area contributed by atoms with Gasteiger partial charge >= 0.3 is 5.97 Å². The monoisotopic (exact) mass is 228 g/mol. The minimum absolute atomic E-state index is 0.0817. The zero-order valence-corrected chi connectivity index (χ0v) is 9.66. The number of carboxylic acid groups (broad SMARTS) is 1. The first-order valence-electron chi connectivity index (χ1n) is 5.80. The predicted molar refractivity (Wildman–Crippen MR) is 60.1 cm³/mol. The summed E-state index contributed by atoms with van der Waals surface area (Å²) < 4.78 is 0. The summed E-state index contributed by atoms with van der Waals surface area (Å²) in [5, 5.41) is 13.9. The molecule has 0 aliphatic heterocycles. The summed E-state index contributed by atoms with van der Waals surface area (Å²) in [6.07, 6.45) is 4.39. The molecule has 1 fully saturated rings. The third kappa shape index (κ3) is 5.11. The molecule has 0 atom stereocenters. The molecule has 92 valence electrons. The van der Waals surface area contributed by atoms with Crippen LogP contribution in [0, 0.1) is 5.92 Å². The molecule has 0 unspecified atom stereocenters. The Bertz CT molecular complexity index is 248. The SMILES string of the molecule is CC1CCC(NC(=O)CNCC(=O)O)CC1. The zero-order valence-electron chi connectivity index (χ0n) is 9.66. The first-order valence-corrected chi connectivity index (χ1v) is 5.80. The second-order valence-corrected chi connectivity index (χ2v) is 4.52. The van der Waals surface area contributed by atoms with E-state index in [0.717, 1.165) is 31.6 Å². The van der Waals surface area contributed by atoms with E-state index in [4.69, 9.17) is 5.11 Å². The van der Waals surface area contributed by atoms with E-state index < -0.39 is 5.97 Å². The van der Waals surface area contributed by atoms with E-state index in [9.17, 15) is 9.59 Å². The van der Waals surface area contributed by atoms with Gasteiger partial charge < -0.3 is 10.4 Å². The van der Waals surface area contributed by atoms with E-state index in [1.807, 2.05) is 0 Å². The van der Waals surface area contributed by atoms with Crippen LogP contribution in [0.3, 0.4) is 0 Å². The van der Waals surface area contributed by atoms with Crippen LogP contribution in [0.2, 0.25) is 0 Å². The lowest BCUT2D eigenvalue weighted by molar-refractivity contribution is -0.136. The molecule has 0 aromatic carbocycles. The smallest absolute Gasteiger partial charge is 0.317 e. The molecule has 0 heterocycles. The van der Waals surface area contributed by atoms with Gasteiger partial charge in [0.25, 0.3) is 0 Å². The number of carbonyl (C=O) groups is 2. The van der Waals surface area contributed by atoms with Crippen LogP contribution in [0.25, 0.3) is 0 Å². The molecule has 1 aliphatic rings. The quantitative estimate of drug-likeness (QED) is 0.634. The summed E-state index contributed by atoms with van der Waals surface area (Å²) >= 11 is 0. The lowest BCUT2D eigenvalue weighted by Gasteiger charge is -2.26. The van der Waals surface area contributed by atoms with Crippen LogP contribution in [0.1, 0.15) is 32.6 Å². The molecule has 1 rings (SSSR count). The largest absolute Gasteiger partial charge is 0.480 e. The Hall–Kier alpha value is -1.10. The molecule has 0 aromatic rings. The number of aliphatic carboxylic acids is 1. The van der Waals surface area contributed by atoms with Gasteiger partial charge in [-0.25, -0.2) is 0 Å². The van der Waals surface area contributed by atoms with Gasteiger partial charge in [-0.15, -0.1) is 0 Å². The first-order chi connectivity index (χ1) is 7.58. The van der Waals surface area contributed by atoms with Gasteiger partial charge in [-0.2, -0.15) is 0 Å². The summed E-state index contributed by atoms with van der Waals surface area (Å²) in [6.45, 7) is 2.14. The van der Waals surface area contributed by atoms with Crippen molar-refractivity contribution in [2.45, 2.75) is 38.6 Å². The van der Waals surface area contributed by atoms with Crippen LogP contribution in [0.4, 0.5) is 0 Å². The molecule has 16 heavy (non-hydrogen) atoms. The van der Waals surface area contributed by atoms with Crippen LogP contribution in [0.15, 0.2) is 0 Å². The van der Waals surface area contributed by atoms with Crippen LogP contribution >= 0.6 is 0 Å². The highest BCUT2D eigenvalue weighted by Gasteiger charge is 2.19. The topological polar surface area (TPSA) is 78.4 Å². The minimum atomic E-state index is -0.945. The van der Waals surface area contributed by atoms with Crippen molar-refractivity contribution in [3.8, 4) is 0 Å². The Balaban J connectivity index is 2.11. The normalized spacial score (nSPS) is 25.1. The van der Waals surface area contributed by atoms with Gasteiger partial charge in [0, 0.05) is 6.04 Å². The lowest BCUT2D eigenvalue weighted by atomic mass is 9.87. The summed E-state index contributed by atoms with van der Waals surface area (Å²) in [5.41, 5.74) is 0. The van der Waals surface area contributed by atoms with Crippen molar-refractivity contribution in [2.75, 3.05) is 13.1 Å². The van der Waals surface area contributed by atoms with Crippen molar-refractivity contribution in [3.05, 3.63) is 0 Å². The Morgan fingerprint density at radius 1 is 1.19 bits per heavy atom. The number of nitrogens with one attached hydrogen (secondary N) is 2. The Kier molecular flexibility index (Phi) is 5.25. The Labute approximate surface area is 95.6 Å². The van der Waals surface area contributed by atoms with Gasteiger partial charge in [0.15, 0.2) is 0 Å². The maximum atomic E-state index is 11.4. The van der Waals surface area contributed by atoms with Crippen LogP contribution in [0.5, 0.6) is 0 Å². The fourth-order valence-corrected chi connectivity index (χ4v) is 1.97. The molecule has 5 nitrogen and oxygen atoms in total. The van der Waals surface area contributed by atoms with E-state index in [-0.39, 0.29) is 25.0 Å². The molecule has 0 radical (unpaired) electrons. The van der Waals surface area contributed by atoms with Crippen molar-refractivity contribution >= 4 is 11.9 Å². The maximum absolute atomic E-state index is 11.4. The fourth-order valence-electron chi connectivity index (χ4n) is 1.97. The van der Waals surface area contributed by atoms with E-state index >= 15 is 0 Å². The van der Waals surface area contributed by atoms with E-state index in [2.05, 4.69) is 17.6 Å². The Morgan fingerprint density at radius 2 is 1.81 bits per heavy atom. The summed E-state index contributed by atoms with van der Waals surface area (Å²) in [5.74, 6) is -0.293.